The van der Waals surface area contributed by atoms with Gasteiger partial charge in [-0.25, -0.2) is 17.6 Å². The molecule has 0 saturated carbocycles. The van der Waals surface area contributed by atoms with E-state index in [2.05, 4.69) is 4.72 Å². The number of likely N-dealkylation sites (tertiary alicyclic amines) is 1. The Morgan fingerprint density at radius 2 is 1.88 bits per heavy atom. The Labute approximate surface area is 189 Å². The normalized spacial score (nSPS) is 23.6. The maximum absolute atomic E-state index is 15.4. The fraction of sp³-hybridized carbons (Fsp3) is 0.435. The SMILES string of the molecule is CSNC1C(Cc2cccc(-c3cc(F)cc(F)c3)c2F)N(C(=O)C(C)(C)O)CC1(C)F. The van der Waals surface area contributed by atoms with Crippen LogP contribution in [-0.2, 0) is 11.2 Å². The second kappa shape index (κ2) is 9.03. The fourth-order valence-corrected chi connectivity index (χ4v) is 4.81. The molecule has 1 aliphatic rings. The number of carbonyl (C=O) groups is 1. The van der Waals surface area contributed by atoms with E-state index in [9.17, 15) is 18.7 Å². The second-order valence-corrected chi connectivity index (χ2v) is 9.42. The number of amides is 1. The Kier molecular flexibility index (Phi) is 6.93. The number of halogens is 4. The maximum atomic E-state index is 15.4. The topological polar surface area (TPSA) is 52.6 Å². The summed E-state index contributed by atoms with van der Waals surface area (Å²) in [6.45, 7) is 3.72. The van der Waals surface area contributed by atoms with Crippen LogP contribution in [0.25, 0.3) is 11.1 Å². The summed E-state index contributed by atoms with van der Waals surface area (Å²) >= 11 is 1.18. The van der Waals surface area contributed by atoms with Gasteiger partial charge in [-0.05, 0) is 56.7 Å². The first-order chi connectivity index (χ1) is 14.8. The van der Waals surface area contributed by atoms with Gasteiger partial charge in [-0.2, -0.15) is 0 Å². The first kappa shape index (κ1) is 24.5. The summed E-state index contributed by atoms with van der Waals surface area (Å²) in [4.78, 5) is 14.1. The molecule has 0 radical (unpaired) electrons. The van der Waals surface area contributed by atoms with Crippen molar-refractivity contribution in [2.45, 2.75) is 50.5 Å². The molecule has 2 N–H and O–H groups in total. The third-order valence-corrected chi connectivity index (χ3v) is 6.11. The minimum atomic E-state index is -1.83. The van der Waals surface area contributed by atoms with Crippen molar-refractivity contribution in [3.8, 4) is 11.1 Å². The van der Waals surface area contributed by atoms with Crippen LogP contribution in [0.3, 0.4) is 0 Å². The molecule has 1 fully saturated rings. The highest BCUT2D eigenvalue weighted by atomic mass is 32.2. The standard InChI is InChI=1S/C23H26F4N2O2S/c1-22(2,31)21(30)29-12-23(3,27)20(28-32-4)18(29)10-13-6-5-7-17(19(13)26)14-8-15(24)11-16(25)9-14/h5-9,11,18,20,28,31H,10,12H2,1-4H3. The van der Waals surface area contributed by atoms with E-state index < -0.39 is 46.7 Å². The number of carbonyl (C=O) groups excluding carboxylic acids is 1. The zero-order valence-corrected chi connectivity index (χ0v) is 19.1. The Morgan fingerprint density at radius 1 is 1.25 bits per heavy atom. The van der Waals surface area contributed by atoms with Gasteiger partial charge in [-0.3, -0.25) is 9.52 Å². The van der Waals surface area contributed by atoms with Gasteiger partial charge in [0, 0.05) is 11.6 Å². The van der Waals surface area contributed by atoms with Crippen molar-refractivity contribution >= 4 is 17.9 Å². The molecule has 9 heteroatoms. The van der Waals surface area contributed by atoms with Gasteiger partial charge >= 0.3 is 0 Å². The van der Waals surface area contributed by atoms with E-state index in [1.54, 1.807) is 12.3 Å². The van der Waals surface area contributed by atoms with Crippen molar-refractivity contribution in [1.82, 2.24) is 9.62 Å². The Balaban J connectivity index is 2.03. The lowest BCUT2D eigenvalue weighted by Crippen LogP contribution is -2.52. The number of rotatable bonds is 6. The minimum absolute atomic E-state index is 0.00310. The van der Waals surface area contributed by atoms with E-state index in [1.807, 2.05) is 0 Å². The zero-order chi connectivity index (χ0) is 23.8. The molecule has 3 unspecified atom stereocenters. The molecule has 3 rings (SSSR count). The molecule has 2 aromatic rings. The molecule has 0 spiro atoms. The van der Waals surface area contributed by atoms with Crippen LogP contribution in [0.15, 0.2) is 36.4 Å². The summed E-state index contributed by atoms with van der Waals surface area (Å²) in [6, 6.07) is 5.56. The van der Waals surface area contributed by atoms with Gasteiger partial charge in [0.2, 0.25) is 0 Å². The van der Waals surface area contributed by atoms with Crippen molar-refractivity contribution in [2.75, 3.05) is 12.8 Å². The molecule has 0 bridgehead atoms. The number of nitrogens with zero attached hydrogens (tertiary/aromatic N) is 1. The number of benzene rings is 2. The number of alkyl halides is 1. The first-order valence-electron chi connectivity index (χ1n) is 10.1. The van der Waals surface area contributed by atoms with Crippen LogP contribution < -0.4 is 4.72 Å². The Morgan fingerprint density at radius 3 is 2.44 bits per heavy atom. The minimum Gasteiger partial charge on any atom is -0.381 e. The van der Waals surface area contributed by atoms with Crippen LogP contribution in [0.1, 0.15) is 26.3 Å². The van der Waals surface area contributed by atoms with E-state index in [0.717, 1.165) is 12.1 Å². The lowest BCUT2D eigenvalue weighted by molar-refractivity contribution is -0.149. The smallest absolute Gasteiger partial charge is 0.254 e. The summed E-state index contributed by atoms with van der Waals surface area (Å²) in [7, 11) is 0. The summed E-state index contributed by atoms with van der Waals surface area (Å²) in [5, 5.41) is 10.2. The summed E-state index contributed by atoms with van der Waals surface area (Å²) in [5.74, 6) is -3.04. The molecule has 3 atom stereocenters. The van der Waals surface area contributed by atoms with E-state index in [-0.39, 0.29) is 29.7 Å². The third kappa shape index (κ3) is 4.94. The average Bonchev–Trinajstić information content (AvgIpc) is 2.92. The van der Waals surface area contributed by atoms with Crippen molar-refractivity contribution in [3.63, 3.8) is 0 Å². The third-order valence-electron chi connectivity index (χ3n) is 5.62. The molecule has 4 nitrogen and oxygen atoms in total. The van der Waals surface area contributed by atoms with Gasteiger partial charge in [0.25, 0.3) is 5.91 Å². The van der Waals surface area contributed by atoms with Gasteiger partial charge in [0.1, 0.15) is 28.7 Å². The monoisotopic (exact) mass is 470 g/mol. The van der Waals surface area contributed by atoms with Gasteiger partial charge < -0.3 is 10.0 Å². The van der Waals surface area contributed by atoms with Crippen molar-refractivity contribution in [2.24, 2.45) is 0 Å². The fourth-order valence-electron chi connectivity index (χ4n) is 4.16. The van der Waals surface area contributed by atoms with Gasteiger partial charge in [0.15, 0.2) is 0 Å². The molecule has 2 aromatic carbocycles. The number of hydrogen-bond donors (Lipinski definition) is 2. The molecule has 174 valence electrons. The van der Waals surface area contributed by atoms with Crippen LogP contribution in [-0.4, -0.2) is 52.1 Å². The number of nitrogens with one attached hydrogen (secondary N) is 1. The quantitative estimate of drug-likeness (QED) is 0.490. The van der Waals surface area contributed by atoms with Gasteiger partial charge in [0.05, 0.1) is 18.6 Å². The van der Waals surface area contributed by atoms with E-state index in [0.29, 0.717) is 6.07 Å². The Bertz CT molecular complexity index is 990. The molecule has 1 amide bonds. The summed E-state index contributed by atoms with van der Waals surface area (Å²) in [6.07, 6.45) is 1.66. The largest absolute Gasteiger partial charge is 0.381 e. The molecular weight excluding hydrogens is 444 g/mol. The highest BCUT2D eigenvalue weighted by molar-refractivity contribution is 7.96. The molecule has 0 aromatic heterocycles. The molecule has 1 saturated heterocycles. The van der Waals surface area contributed by atoms with E-state index in [1.165, 1.54) is 49.8 Å². The average molecular weight is 471 g/mol. The van der Waals surface area contributed by atoms with E-state index in [4.69, 9.17) is 0 Å². The first-order valence-corrected chi connectivity index (χ1v) is 11.3. The van der Waals surface area contributed by atoms with Crippen molar-refractivity contribution in [3.05, 3.63) is 59.4 Å². The summed E-state index contributed by atoms with van der Waals surface area (Å²) in [5.41, 5.74) is -3.36. The van der Waals surface area contributed by atoms with E-state index >= 15 is 8.78 Å². The van der Waals surface area contributed by atoms with Gasteiger partial charge in [-0.1, -0.05) is 30.1 Å². The van der Waals surface area contributed by atoms with Crippen molar-refractivity contribution in [1.29, 1.82) is 0 Å². The molecule has 32 heavy (non-hydrogen) atoms. The summed E-state index contributed by atoms with van der Waals surface area (Å²) < 4.78 is 61.1. The number of aliphatic hydroxyl groups is 1. The molecule has 1 aliphatic heterocycles. The lowest BCUT2D eigenvalue weighted by Gasteiger charge is -2.32. The van der Waals surface area contributed by atoms with Crippen molar-refractivity contribution < 1.29 is 27.5 Å². The van der Waals surface area contributed by atoms with Crippen LogP contribution in [0.5, 0.6) is 0 Å². The highest BCUT2D eigenvalue weighted by Gasteiger charge is 2.53. The highest BCUT2D eigenvalue weighted by Crippen LogP contribution is 2.36. The Hall–Kier alpha value is -2.10. The van der Waals surface area contributed by atoms with Crippen LogP contribution >= 0.6 is 11.9 Å². The van der Waals surface area contributed by atoms with Crippen LogP contribution in [0.2, 0.25) is 0 Å². The second-order valence-electron chi connectivity index (χ2n) is 8.78. The predicted molar refractivity (Wildman–Crippen MR) is 117 cm³/mol. The lowest BCUT2D eigenvalue weighted by atomic mass is 9.92. The zero-order valence-electron chi connectivity index (χ0n) is 18.3. The maximum Gasteiger partial charge on any atom is 0.254 e. The van der Waals surface area contributed by atoms with Crippen LogP contribution in [0.4, 0.5) is 17.6 Å². The number of hydrogen-bond acceptors (Lipinski definition) is 4. The van der Waals surface area contributed by atoms with Crippen LogP contribution in [0, 0.1) is 17.5 Å². The molecule has 0 aliphatic carbocycles. The predicted octanol–water partition coefficient (Wildman–Crippen LogP) is 4.26. The molecule has 1 heterocycles. The van der Waals surface area contributed by atoms with Gasteiger partial charge in [-0.15, -0.1) is 0 Å². The molecular formula is C23H26F4N2O2S.